The number of carbonyl (C=O) groups excluding carboxylic acids is 1. The maximum absolute atomic E-state index is 13.3. The van der Waals surface area contributed by atoms with E-state index >= 15 is 0 Å². The lowest BCUT2D eigenvalue weighted by Gasteiger charge is -2.31. The molecule has 3 rings (SSSR count). The zero-order chi connectivity index (χ0) is 18.7. The molecule has 1 saturated heterocycles. The molecule has 1 amide bonds. The van der Waals surface area contributed by atoms with Crippen LogP contribution in [0.4, 0.5) is 0 Å². The van der Waals surface area contributed by atoms with E-state index in [2.05, 4.69) is 12.2 Å². The van der Waals surface area contributed by atoms with Gasteiger partial charge in [-0.05, 0) is 57.5 Å². The van der Waals surface area contributed by atoms with Gasteiger partial charge in [-0.25, -0.2) is 5.01 Å². The Morgan fingerprint density at radius 2 is 1.89 bits per heavy atom. The van der Waals surface area contributed by atoms with Gasteiger partial charge in [0, 0.05) is 5.56 Å². The summed E-state index contributed by atoms with van der Waals surface area (Å²) in [4.78, 5) is 13.3. The van der Waals surface area contributed by atoms with Gasteiger partial charge in [0.05, 0.1) is 31.4 Å². The molecule has 1 N–H and O–H groups in total. The lowest BCUT2D eigenvalue weighted by Crippen LogP contribution is -2.45. The number of ether oxygens (including phenoxy) is 2. The Kier molecular flexibility index (Phi) is 7.12. The Morgan fingerprint density at radius 1 is 1.22 bits per heavy atom. The maximum atomic E-state index is 13.3. The molecule has 0 bridgehead atoms. The lowest BCUT2D eigenvalue weighted by molar-refractivity contribution is -0.138. The first-order valence-corrected chi connectivity index (χ1v) is 9.41. The second-order valence-corrected chi connectivity index (χ2v) is 7.23. The standard InChI is InChI=1S/C20H29N3O3.ClH/c1-5-10-20(2)18(14-6-7-16(25-3)17(13-14)26-4)22-23(19(20)24)15-8-11-21-12-9-15;/h6-7,13,15,21H,5,8-12H2,1-4H3;1H. The molecule has 0 radical (unpaired) electrons. The minimum atomic E-state index is -0.598. The monoisotopic (exact) mass is 395 g/mol. The number of amides is 1. The summed E-state index contributed by atoms with van der Waals surface area (Å²) in [5.74, 6) is 1.45. The van der Waals surface area contributed by atoms with Crippen LogP contribution in [0.5, 0.6) is 11.5 Å². The highest BCUT2D eigenvalue weighted by atomic mass is 35.5. The molecule has 150 valence electrons. The van der Waals surface area contributed by atoms with Crippen LogP contribution in [0.25, 0.3) is 0 Å². The van der Waals surface area contributed by atoms with Gasteiger partial charge in [0.2, 0.25) is 0 Å². The number of nitrogens with one attached hydrogen (secondary N) is 1. The molecule has 0 spiro atoms. The van der Waals surface area contributed by atoms with Crippen LogP contribution < -0.4 is 14.8 Å². The van der Waals surface area contributed by atoms with Crippen molar-refractivity contribution in [2.24, 2.45) is 10.5 Å². The van der Waals surface area contributed by atoms with E-state index in [-0.39, 0.29) is 24.4 Å². The second-order valence-electron chi connectivity index (χ2n) is 7.23. The van der Waals surface area contributed by atoms with Crippen molar-refractivity contribution in [1.82, 2.24) is 10.3 Å². The van der Waals surface area contributed by atoms with Gasteiger partial charge in [-0.3, -0.25) is 4.79 Å². The van der Waals surface area contributed by atoms with Crippen molar-refractivity contribution < 1.29 is 14.3 Å². The number of halogens is 1. The molecule has 1 aromatic carbocycles. The molecule has 7 heteroatoms. The normalized spacial score (nSPS) is 23.0. The Hall–Kier alpha value is -1.79. The Morgan fingerprint density at radius 3 is 2.48 bits per heavy atom. The van der Waals surface area contributed by atoms with E-state index in [9.17, 15) is 4.79 Å². The molecule has 1 aromatic rings. The molecule has 1 unspecified atom stereocenters. The predicted octanol–water partition coefficient (Wildman–Crippen LogP) is 3.23. The van der Waals surface area contributed by atoms with Crippen LogP contribution in [0.2, 0.25) is 0 Å². The third-order valence-corrected chi connectivity index (χ3v) is 5.47. The van der Waals surface area contributed by atoms with Crippen LogP contribution >= 0.6 is 12.4 Å². The van der Waals surface area contributed by atoms with E-state index in [0.717, 1.165) is 50.0 Å². The highest BCUT2D eigenvalue weighted by Gasteiger charge is 2.49. The Bertz CT molecular complexity index is 704. The van der Waals surface area contributed by atoms with E-state index < -0.39 is 5.41 Å². The average Bonchev–Trinajstić information content (AvgIpc) is 2.93. The SMILES string of the molecule is CCCC1(C)C(=O)N(C2CCNCC2)N=C1c1ccc(OC)c(OC)c1.Cl. The van der Waals surface area contributed by atoms with Gasteiger partial charge >= 0.3 is 0 Å². The molecule has 1 fully saturated rings. The summed E-state index contributed by atoms with van der Waals surface area (Å²) in [6, 6.07) is 5.94. The molecule has 2 aliphatic rings. The quantitative estimate of drug-likeness (QED) is 0.803. The fourth-order valence-corrected chi connectivity index (χ4v) is 4.00. The Balaban J connectivity index is 0.00000261. The van der Waals surface area contributed by atoms with E-state index in [1.54, 1.807) is 19.2 Å². The van der Waals surface area contributed by atoms with Crippen LogP contribution in [0.1, 0.15) is 45.1 Å². The number of nitrogens with zero attached hydrogens (tertiary/aromatic N) is 2. The molecule has 0 aliphatic carbocycles. The first-order valence-electron chi connectivity index (χ1n) is 9.41. The fraction of sp³-hybridized carbons (Fsp3) is 0.600. The number of rotatable bonds is 6. The van der Waals surface area contributed by atoms with Crippen molar-refractivity contribution in [2.45, 2.75) is 45.6 Å². The molecule has 2 heterocycles. The van der Waals surface area contributed by atoms with E-state index in [1.165, 1.54) is 0 Å². The number of methoxy groups -OCH3 is 2. The summed E-state index contributed by atoms with van der Waals surface area (Å²) in [6.45, 7) is 5.99. The first-order chi connectivity index (χ1) is 12.5. The fourth-order valence-electron chi connectivity index (χ4n) is 4.00. The second kappa shape index (κ2) is 8.93. The van der Waals surface area contributed by atoms with Gasteiger partial charge in [-0.15, -0.1) is 12.4 Å². The van der Waals surface area contributed by atoms with Gasteiger partial charge in [-0.1, -0.05) is 13.3 Å². The number of benzene rings is 1. The molecule has 27 heavy (non-hydrogen) atoms. The maximum Gasteiger partial charge on any atom is 0.254 e. The molecule has 0 aromatic heterocycles. The number of carbonyl (C=O) groups is 1. The van der Waals surface area contributed by atoms with Crippen LogP contribution in [-0.4, -0.2) is 50.0 Å². The zero-order valence-electron chi connectivity index (χ0n) is 16.6. The first kappa shape index (κ1) is 21.5. The summed E-state index contributed by atoms with van der Waals surface area (Å²) < 4.78 is 10.8. The van der Waals surface area contributed by atoms with Gasteiger partial charge in [-0.2, -0.15) is 5.10 Å². The topological polar surface area (TPSA) is 63.2 Å². The van der Waals surface area contributed by atoms with Gasteiger partial charge in [0.15, 0.2) is 11.5 Å². The molecule has 0 saturated carbocycles. The number of hydrazone groups is 1. The molecule has 1 atom stereocenters. The van der Waals surface area contributed by atoms with Gasteiger partial charge < -0.3 is 14.8 Å². The summed E-state index contributed by atoms with van der Waals surface area (Å²) >= 11 is 0. The summed E-state index contributed by atoms with van der Waals surface area (Å²) in [7, 11) is 3.24. The third kappa shape index (κ3) is 3.92. The molecule has 6 nitrogen and oxygen atoms in total. The average molecular weight is 396 g/mol. The lowest BCUT2D eigenvalue weighted by atomic mass is 9.77. The number of hydrogen-bond acceptors (Lipinski definition) is 5. The minimum absolute atomic E-state index is 0. The summed E-state index contributed by atoms with van der Waals surface area (Å²) in [5.41, 5.74) is 1.16. The Labute approximate surface area is 167 Å². The summed E-state index contributed by atoms with van der Waals surface area (Å²) in [5, 5.41) is 9.95. The van der Waals surface area contributed by atoms with E-state index in [4.69, 9.17) is 14.6 Å². The van der Waals surface area contributed by atoms with Crippen molar-refractivity contribution in [3.8, 4) is 11.5 Å². The van der Waals surface area contributed by atoms with Crippen molar-refractivity contribution in [3.63, 3.8) is 0 Å². The predicted molar refractivity (Wildman–Crippen MR) is 109 cm³/mol. The highest BCUT2D eigenvalue weighted by molar-refractivity contribution is 6.19. The van der Waals surface area contributed by atoms with Crippen LogP contribution in [0, 0.1) is 5.41 Å². The third-order valence-electron chi connectivity index (χ3n) is 5.47. The molecular formula is C20H30ClN3O3. The van der Waals surface area contributed by atoms with Gasteiger partial charge in [0.1, 0.15) is 0 Å². The van der Waals surface area contributed by atoms with Gasteiger partial charge in [0.25, 0.3) is 5.91 Å². The molecule has 2 aliphatic heterocycles. The molecular weight excluding hydrogens is 366 g/mol. The van der Waals surface area contributed by atoms with Crippen LogP contribution in [0.3, 0.4) is 0 Å². The zero-order valence-corrected chi connectivity index (χ0v) is 17.4. The number of piperidine rings is 1. The van der Waals surface area contributed by atoms with Crippen molar-refractivity contribution in [3.05, 3.63) is 23.8 Å². The van der Waals surface area contributed by atoms with Crippen molar-refractivity contribution >= 4 is 24.0 Å². The van der Waals surface area contributed by atoms with Crippen LogP contribution in [0.15, 0.2) is 23.3 Å². The van der Waals surface area contributed by atoms with Crippen LogP contribution in [-0.2, 0) is 4.79 Å². The largest absolute Gasteiger partial charge is 0.493 e. The highest BCUT2D eigenvalue weighted by Crippen LogP contribution is 2.40. The smallest absolute Gasteiger partial charge is 0.254 e. The van der Waals surface area contributed by atoms with E-state index in [0.29, 0.717) is 11.5 Å². The van der Waals surface area contributed by atoms with Crippen molar-refractivity contribution in [2.75, 3.05) is 27.3 Å². The number of hydrogen-bond donors (Lipinski definition) is 1. The minimum Gasteiger partial charge on any atom is -0.493 e. The van der Waals surface area contributed by atoms with Crippen molar-refractivity contribution in [1.29, 1.82) is 0 Å². The van der Waals surface area contributed by atoms with E-state index in [1.807, 2.05) is 25.1 Å². The summed E-state index contributed by atoms with van der Waals surface area (Å²) in [6.07, 6.45) is 3.59.